The van der Waals surface area contributed by atoms with Crippen molar-refractivity contribution in [1.82, 2.24) is 5.32 Å². The zero-order valence-corrected chi connectivity index (χ0v) is 14.8. The van der Waals surface area contributed by atoms with Gasteiger partial charge in [0.25, 0.3) is 5.91 Å². The van der Waals surface area contributed by atoms with Gasteiger partial charge >= 0.3 is 5.97 Å². The molecule has 2 rings (SSSR count). The van der Waals surface area contributed by atoms with E-state index in [0.29, 0.717) is 16.9 Å². The second-order valence-electron chi connectivity index (χ2n) is 5.43. The minimum Gasteiger partial charge on any atom is -0.489 e. The van der Waals surface area contributed by atoms with Crippen LogP contribution in [-0.4, -0.2) is 36.9 Å². The lowest BCUT2D eigenvalue weighted by Crippen LogP contribution is -2.29. The fourth-order valence-electron chi connectivity index (χ4n) is 2.34. The number of carboxylic acids is 1. The Morgan fingerprint density at radius 1 is 1.19 bits per heavy atom. The summed E-state index contributed by atoms with van der Waals surface area (Å²) in [6.45, 7) is 1.97. The maximum Gasteiger partial charge on any atom is 0.335 e. The standard InChI is InChI=1S/C19H20N2O5/c1-12-8-9-13(19(23)24)10-16(12)26-11-14-6-4-5-7-15(14)17(21-25-3)18(22)20-2/h4-10H,11H2,1-3H3,(H,20,22)(H,23,24)/b21-17+. The van der Waals surface area contributed by atoms with Crippen LogP contribution in [0.1, 0.15) is 27.0 Å². The van der Waals surface area contributed by atoms with Crippen LogP contribution in [0.15, 0.2) is 47.6 Å². The molecule has 0 spiro atoms. The number of carbonyl (C=O) groups excluding carboxylic acids is 1. The normalized spacial score (nSPS) is 11.0. The summed E-state index contributed by atoms with van der Waals surface area (Å²) in [5.41, 5.74) is 2.37. The van der Waals surface area contributed by atoms with E-state index in [-0.39, 0.29) is 23.8 Å². The van der Waals surface area contributed by atoms with Crippen molar-refractivity contribution in [1.29, 1.82) is 0 Å². The first-order valence-electron chi connectivity index (χ1n) is 7.86. The molecule has 0 fully saturated rings. The lowest BCUT2D eigenvalue weighted by atomic mass is 10.0. The Bertz CT molecular complexity index is 846. The number of aromatic carboxylic acids is 1. The van der Waals surface area contributed by atoms with E-state index in [0.717, 1.165) is 5.56 Å². The number of likely N-dealkylation sites (N-methyl/N-ethyl adjacent to an activating group) is 1. The van der Waals surface area contributed by atoms with E-state index in [1.807, 2.05) is 13.0 Å². The van der Waals surface area contributed by atoms with Crippen LogP contribution < -0.4 is 10.1 Å². The summed E-state index contributed by atoms with van der Waals surface area (Å²) in [5.74, 6) is -0.947. The summed E-state index contributed by atoms with van der Waals surface area (Å²) in [5, 5.41) is 15.4. The van der Waals surface area contributed by atoms with Gasteiger partial charge in [0.15, 0.2) is 5.71 Å². The Morgan fingerprint density at radius 2 is 1.92 bits per heavy atom. The molecule has 7 nitrogen and oxygen atoms in total. The van der Waals surface area contributed by atoms with Crippen molar-refractivity contribution in [3.63, 3.8) is 0 Å². The van der Waals surface area contributed by atoms with Crippen molar-refractivity contribution in [2.75, 3.05) is 14.2 Å². The van der Waals surface area contributed by atoms with E-state index in [9.17, 15) is 9.59 Å². The molecule has 0 heterocycles. The van der Waals surface area contributed by atoms with E-state index in [4.69, 9.17) is 14.7 Å². The van der Waals surface area contributed by atoms with E-state index < -0.39 is 5.97 Å². The van der Waals surface area contributed by atoms with Crippen LogP contribution >= 0.6 is 0 Å². The number of hydrogen-bond acceptors (Lipinski definition) is 5. The van der Waals surface area contributed by atoms with E-state index >= 15 is 0 Å². The zero-order chi connectivity index (χ0) is 19.1. The van der Waals surface area contributed by atoms with Crippen molar-refractivity contribution in [3.8, 4) is 5.75 Å². The van der Waals surface area contributed by atoms with E-state index in [2.05, 4.69) is 10.5 Å². The second kappa shape index (κ2) is 8.66. The fraction of sp³-hybridized carbons (Fsp3) is 0.211. The molecule has 2 aromatic carbocycles. The molecule has 0 radical (unpaired) electrons. The van der Waals surface area contributed by atoms with Crippen LogP contribution in [0.4, 0.5) is 0 Å². The molecule has 0 atom stereocenters. The van der Waals surface area contributed by atoms with Crippen molar-refractivity contribution in [2.45, 2.75) is 13.5 Å². The number of rotatable bonds is 7. The van der Waals surface area contributed by atoms with Gasteiger partial charge in [-0.1, -0.05) is 35.5 Å². The molecule has 136 valence electrons. The molecule has 2 aromatic rings. The number of oxime groups is 1. The molecule has 0 saturated carbocycles. The Labute approximate surface area is 151 Å². The highest BCUT2D eigenvalue weighted by atomic mass is 16.6. The highest BCUT2D eigenvalue weighted by molar-refractivity contribution is 6.45. The lowest BCUT2D eigenvalue weighted by molar-refractivity contribution is -0.114. The van der Waals surface area contributed by atoms with E-state index in [1.165, 1.54) is 26.3 Å². The first kappa shape index (κ1) is 19.0. The Hall–Kier alpha value is -3.35. The second-order valence-corrected chi connectivity index (χ2v) is 5.43. The molecule has 0 aliphatic heterocycles. The molecule has 0 unspecified atom stereocenters. The first-order chi connectivity index (χ1) is 12.5. The van der Waals surface area contributed by atoms with Gasteiger partial charge in [-0.15, -0.1) is 0 Å². The third-order valence-corrected chi connectivity index (χ3v) is 3.72. The number of nitrogens with one attached hydrogen (secondary N) is 1. The van der Waals surface area contributed by atoms with Gasteiger partial charge in [-0.05, 0) is 30.2 Å². The van der Waals surface area contributed by atoms with Crippen molar-refractivity contribution >= 4 is 17.6 Å². The topological polar surface area (TPSA) is 97.2 Å². The average molecular weight is 356 g/mol. The van der Waals surface area contributed by atoms with Gasteiger partial charge < -0.3 is 20.0 Å². The van der Waals surface area contributed by atoms with Crippen LogP contribution in [0.2, 0.25) is 0 Å². The lowest BCUT2D eigenvalue weighted by Gasteiger charge is -2.13. The highest BCUT2D eigenvalue weighted by Gasteiger charge is 2.17. The monoisotopic (exact) mass is 356 g/mol. The number of hydrogen-bond donors (Lipinski definition) is 2. The molecular weight excluding hydrogens is 336 g/mol. The fourth-order valence-corrected chi connectivity index (χ4v) is 2.34. The Balaban J connectivity index is 2.32. The maximum atomic E-state index is 12.1. The molecule has 2 N–H and O–H groups in total. The molecule has 0 aliphatic carbocycles. The largest absolute Gasteiger partial charge is 0.489 e. The van der Waals surface area contributed by atoms with Crippen molar-refractivity contribution < 1.29 is 24.3 Å². The number of carboxylic acid groups (broad SMARTS) is 1. The van der Waals surface area contributed by atoms with Gasteiger partial charge in [-0.25, -0.2) is 4.79 Å². The van der Waals surface area contributed by atoms with Crippen LogP contribution in [0.3, 0.4) is 0 Å². The Morgan fingerprint density at radius 3 is 2.58 bits per heavy atom. The SMILES string of the molecule is CNC(=O)/C(=N/OC)c1ccccc1COc1cc(C(=O)O)ccc1C. The summed E-state index contributed by atoms with van der Waals surface area (Å²) in [7, 11) is 2.87. The van der Waals surface area contributed by atoms with Crippen LogP contribution in [0, 0.1) is 6.92 Å². The van der Waals surface area contributed by atoms with Crippen LogP contribution in [0.25, 0.3) is 0 Å². The number of nitrogens with zero attached hydrogens (tertiary/aromatic N) is 1. The molecular formula is C19H20N2O5. The molecule has 26 heavy (non-hydrogen) atoms. The maximum absolute atomic E-state index is 12.1. The number of benzene rings is 2. The Kier molecular flexibility index (Phi) is 6.32. The summed E-state index contributed by atoms with van der Waals surface area (Å²) in [6, 6.07) is 11.8. The molecule has 0 bridgehead atoms. The minimum atomic E-state index is -1.02. The smallest absolute Gasteiger partial charge is 0.335 e. The van der Waals surface area contributed by atoms with Gasteiger partial charge in [0.2, 0.25) is 0 Å². The summed E-state index contributed by atoms with van der Waals surface area (Å²) < 4.78 is 5.81. The molecule has 7 heteroatoms. The van der Waals surface area contributed by atoms with Gasteiger partial charge in [0, 0.05) is 12.6 Å². The number of aryl methyl sites for hydroxylation is 1. The van der Waals surface area contributed by atoms with Gasteiger partial charge in [0.1, 0.15) is 19.5 Å². The number of ether oxygens (including phenoxy) is 1. The van der Waals surface area contributed by atoms with Gasteiger partial charge in [0.05, 0.1) is 5.56 Å². The van der Waals surface area contributed by atoms with Crippen LogP contribution in [-0.2, 0) is 16.2 Å². The van der Waals surface area contributed by atoms with Gasteiger partial charge in [-0.3, -0.25) is 4.79 Å². The van der Waals surface area contributed by atoms with Crippen molar-refractivity contribution in [3.05, 3.63) is 64.7 Å². The predicted molar refractivity (Wildman–Crippen MR) is 96.5 cm³/mol. The summed E-state index contributed by atoms with van der Waals surface area (Å²) >= 11 is 0. The average Bonchev–Trinajstić information content (AvgIpc) is 2.65. The van der Waals surface area contributed by atoms with Gasteiger partial charge in [-0.2, -0.15) is 0 Å². The summed E-state index contributed by atoms with van der Waals surface area (Å²) in [6.07, 6.45) is 0. The molecule has 1 amide bonds. The third kappa shape index (κ3) is 4.38. The minimum absolute atomic E-state index is 0.130. The number of carbonyl (C=O) groups is 2. The van der Waals surface area contributed by atoms with Crippen molar-refractivity contribution in [2.24, 2.45) is 5.16 Å². The molecule has 0 aromatic heterocycles. The van der Waals surface area contributed by atoms with E-state index in [1.54, 1.807) is 24.3 Å². The number of amides is 1. The highest BCUT2D eigenvalue weighted by Crippen LogP contribution is 2.22. The van der Waals surface area contributed by atoms with Crippen LogP contribution in [0.5, 0.6) is 5.75 Å². The first-order valence-corrected chi connectivity index (χ1v) is 7.86. The third-order valence-electron chi connectivity index (χ3n) is 3.72. The molecule has 0 aliphatic rings. The quantitative estimate of drug-likeness (QED) is 0.586. The predicted octanol–water partition coefficient (Wildman–Crippen LogP) is 2.37. The zero-order valence-electron chi connectivity index (χ0n) is 14.8. The summed E-state index contributed by atoms with van der Waals surface area (Å²) in [4.78, 5) is 28.0. The molecule has 0 saturated heterocycles.